The van der Waals surface area contributed by atoms with Gasteiger partial charge in [-0.05, 0) is 39.0 Å². The van der Waals surface area contributed by atoms with Gasteiger partial charge in [-0.2, -0.15) is 26.3 Å². The van der Waals surface area contributed by atoms with Crippen molar-refractivity contribution in [3.05, 3.63) is 24.7 Å². The highest BCUT2D eigenvalue weighted by atomic mass is 19.4. The largest absolute Gasteiger partial charge is 0.507 e. The summed E-state index contributed by atoms with van der Waals surface area (Å²) >= 11 is 0. The van der Waals surface area contributed by atoms with Crippen molar-refractivity contribution in [3.8, 4) is 45.6 Å². The summed E-state index contributed by atoms with van der Waals surface area (Å²) in [4.78, 5) is 39.6. The van der Waals surface area contributed by atoms with Gasteiger partial charge in [0.1, 0.15) is 17.8 Å². The fourth-order valence-corrected chi connectivity index (χ4v) is 5.01. The van der Waals surface area contributed by atoms with Crippen molar-refractivity contribution in [1.29, 1.82) is 0 Å². The van der Waals surface area contributed by atoms with Crippen molar-refractivity contribution >= 4 is 17.9 Å². The average Bonchev–Trinajstić information content (AvgIpc) is 2.97. The molecule has 1 aromatic carbocycles. The molecule has 2 aliphatic rings. The number of rotatable bonds is 6. The van der Waals surface area contributed by atoms with Gasteiger partial charge in [0.15, 0.2) is 11.5 Å². The van der Waals surface area contributed by atoms with E-state index < -0.39 is 64.1 Å². The van der Waals surface area contributed by atoms with E-state index in [1.165, 1.54) is 7.11 Å². The van der Waals surface area contributed by atoms with E-state index in [1.54, 1.807) is 0 Å². The van der Waals surface area contributed by atoms with Crippen LogP contribution in [0.2, 0.25) is 0 Å². The number of aromatic hydroxyl groups is 1. The van der Waals surface area contributed by atoms with Crippen LogP contribution < -0.4 is 19.1 Å². The first-order chi connectivity index (χ1) is 21.1. The van der Waals surface area contributed by atoms with Crippen LogP contribution in [-0.2, 0) is 9.59 Å². The molecule has 0 radical (unpaired) electrons. The molecule has 2 aromatic heterocycles. The minimum atomic E-state index is -5.67. The summed E-state index contributed by atoms with van der Waals surface area (Å²) in [5, 5.41) is 18.8. The zero-order valence-electron chi connectivity index (χ0n) is 23.4. The van der Waals surface area contributed by atoms with Crippen molar-refractivity contribution in [2.24, 2.45) is 5.41 Å². The third-order valence-corrected chi connectivity index (χ3v) is 7.38. The van der Waals surface area contributed by atoms with Crippen molar-refractivity contribution < 1.29 is 55.2 Å². The SMILES string of the molecule is COc1cc(-c2cc(O)c(-c3cnc(N4CC5(CCN(C)CC5)C4)nn3)c(OC(=O)C(F)(F)F)c2OC(=O)C(F)(F)F)ncn1. The number of carbonyl (C=O) groups is 2. The maximum atomic E-state index is 13.3. The number of carbonyl (C=O) groups excluding carboxylic acids is 2. The Bertz CT molecular complexity index is 1600. The van der Waals surface area contributed by atoms with Crippen molar-refractivity contribution in [1.82, 2.24) is 30.0 Å². The van der Waals surface area contributed by atoms with E-state index in [9.17, 15) is 41.0 Å². The van der Waals surface area contributed by atoms with Crippen LogP contribution in [0.1, 0.15) is 12.8 Å². The molecule has 0 saturated carbocycles. The molecule has 19 heteroatoms. The first-order valence-corrected chi connectivity index (χ1v) is 13.1. The molecule has 0 bridgehead atoms. The molecule has 2 fully saturated rings. The summed E-state index contributed by atoms with van der Waals surface area (Å²) < 4.78 is 93.7. The quantitative estimate of drug-likeness (QED) is 0.238. The van der Waals surface area contributed by atoms with E-state index in [1.807, 2.05) is 11.9 Å². The molecule has 0 amide bonds. The molecule has 0 aliphatic carbocycles. The van der Waals surface area contributed by atoms with Crippen LogP contribution in [-0.4, -0.2) is 99.8 Å². The summed E-state index contributed by atoms with van der Waals surface area (Å²) in [7, 11) is 3.20. The fraction of sp³-hybridized carbons (Fsp3) is 0.423. The van der Waals surface area contributed by atoms with Gasteiger partial charge in [-0.3, -0.25) is 0 Å². The summed E-state index contributed by atoms with van der Waals surface area (Å²) in [6, 6.07) is 1.73. The molecule has 1 spiro atoms. The van der Waals surface area contributed by atoms with Crippen LogP contribution in [0, 0.1) is 5.41 Å². The molecular formula is C26H23F6N7O6. The third kappa shape index (κ3) is 6.52. The lowest BCUT2D eigenvalue weighted by molar-refractivity contribution is -0.191. The van der Waals surface area contributed by atoms with Gasteiger partial charge in [0.25, 0.3) is 0 Å². The summed E-state index contributed by atoms with van der Waals surface area (Å²) in [5.41, 5.74) is -2.40. The second-order valence-electron chi connectivity index (χ2n) is 10.5. The van der Waals surface area contributed by atoms with Crippen molar-refractivity contribution in [2.75, 3.05) is 45.2 Å². The standard InChI is InChI=1S/C26H23F6N7O6/c1-38-5-3-24(4-6-38)10-39(11-24)23-33-9-15(36-37-23)18-16(40)7-13(14-8-17(43-2)35-12-34-14)19(44-21(41)25(27,28)29)20(18)45-22(42)26(30,31)32/h7-9,12,40H,3-6,10-11H2,1-2H3. The average molecular weight is 644 g/mol. The lowest BCUT2D eigenvalue weighted by Crippen LogP contribution is -2.60. The van der Waals surface area contributed by atoms with E-state index in [0.29, 0.717) is 13.1 Å². The van der Waals surface area contributed by atoms with E-state index in [0.717, 1.165) is 50.6 Å². The minimum absolute atomic E-state index is 0.0720. The number of nitrogens with zero attached hydrogens (tertiary/aromatic N) is 7. The third-order valence-electron chi connectivity index (χ3n) is 7.38. The Hall–Kier alpha value is -4.81. The Balaban J connectivity index is 1.60. The van der Waals surface area contributed by atoms with Gasteiger partial charge in [-0.25, -0.2) is 24.5 Å². The number of anilines is 1. The Morgan fingerprint density at radius 3 is 2.07 bits per heavy atom. The summed E-state index contributed by atoms with van der Waals surface area (Å²) in [6.07, 6.45) is -7.56. The van der Waals surface area contributed by atoms with Crippen LogP contribution in [0.15, 0.2) is 24.7 Å². The molecule has 2 saturated heterocycles. The lowest BCUT2D eigenvalue weighted by atomic mass is 9.72. The van der Waals surface area contributed by atoms with Crippen molar-refractivity contribution in [2.45, 2.75) is 25.2 Å². The molecular weight excluding hydrogens is 620 g/mol. The number of methoxy groups -OCH3 is 1. The number of phenolic OH excluding ortho intramolecular Hbond substituents is 1. The Morgan fingerprint density at radius 1 is 0.889 bits per heavy atom. The molecule has 1 N–H and O–H groups in total. The second kappa shape index (κ2) is 11.6. The molecule has 3 aromatic rings. The second-order valence-corrected chi connectivity index (χ2v) is 10.5. The van der Waals surface area contributed by atoms with Crippen LogP contribution in [0.3, 0.4) is 0 Å². The number of halogens is 6. The number of hydrogen-bond donors (Lipinski definition) is 1. The number of esters is 2. The normalized spacial score (nSPS) is 16.7. The van der Waals surface area contributed by atoms with Crippen LogP contribution in [0.5, 0.6) is 23.1 Å². The van der Waals surface area contributed by atoms with E-state index in [2.05, 4.69) is 39.5 Å². The number of piperidine rings is 1. The maximum Gasteiger partial charge on any atom is 0.491 e. The van der Waals surface area contributed by atoms with Gasteiger partial charge in [0.05, 0.1) is 30.1 Å². The van der Waals surface area contributed by atoms with Crippen LogP contribution in [0.25, 0.3) is 22.5 Å². The number of alkyl halides is 6. The number of ether oxygens (including phenoxy) is 3. The van der Waals surface area contributed by atoms with E-state index in [4.69, 9.17) is 4.74 Å². The smallest absolute Gasteiger partial charge is 0.491 e. The number of likely N-dealkylation sites (tertiary alicyclic amines) is 1. The van der Waals surface area contributed by atoms with Gasteiger partial charge in [-0.1, -0.05) is 0 Å². The highest BCUT2D eigenvalue weighted by Gasteiger charge is 2.47. The molecule has 240 valence electrons. The Morgan fingerprint density at radius 2 is 1.51 bits per heavy atom. The zero-order valence-corrected chi connectivity index (χ0v) is 23.4. The fourth-order valence-electron chi connectivity index (χ4n) is 5.01. The van der Waals surface area contributed by atoms with Gasteiger partial charge < -0.3 is 29.1 Å². The molecule has 13 nitrogen and oxygen atoms in total. The van der Waals surface area contributed by atoms with Gasteiger partial charge in [-0.15, -0.1) is 10.2 Å². The maximum absolute atomic E-state index is 13.3. The summed E-state index contributed by atoms with van der Waals surface area (Å²) in [6.45, 7) is 3.08. The van der Waals surface area contributed by atoms with Gasteiger partial charge in [0, 0.05) is 24.6 Å². The van der Waals surface area contributed by atoms with Crippen molar-refractivity contribution in [3.63, 3.8) is 0 Å². The van der Waals surface area contributed by atoms with Crippen LogP contribution in [0.4, 0.5) is 32.3 Å². The molecule has 0 unspecified atom stereocenters. The van der Waals surface area contributed by atoms with Gasteiger partial charge in [0.2, 0.25) is 11.8 Å². The zero-order chi connectivity index (χ0) is 32.7. The molecule has 0 atom stereocenters. The molecule has 4 heterocycles. The predicted octanol–water partition coefficient (Wildman–Crippen LogP) is 3.18. The summed E-state index contributed by atoms with van der Waals surface area (Å²) in [5.74, 6) is -9.55. The number of aromatic nitrogens is 5. The lowest BCUT2D eigenvalue weighted by Gasteiger charge is -2.53. The monoisotopic (exact) mass is 643 g/mol. The first-order valence-electron chi connectivity index (χ1n) is 13.1. The molecule has 2 aliphatic heterocycles. The molecule has 5 rings (SSSR count). The Kier molecular flexibility index (Phi) is 8.15. The highest BCUT2D eigenvalue weighted by Crippen LogP contribution is 2.50. The number of benzene rings is 1. The molecule has 45 heavy (non-hydrogen) atoms. The number of phenols is 1. The minimum Gasteiger partial charge on any atom is -0.507 e. The topological polar surface area (TPSA) is 153 Å². The van der Waals surface area contributed by atoms with Crippen LogP contribution >= 0.6 is 0 Å². The number of hydrogen-bond acceptors (Lipinski definition) is 13. The van der Waals surface area contributed by atoms with E-state index >= 15 is 0 Å². The van der Waals surface area contributed by atoms with E-state index in [-0.39, 0.29) is 17.2 Å². The predicted molar refractivity (Wildman–Crippen MR) is 139 cm³/mol. The van der Waals surface area contributed by atoms with Gasteiger partial charge >= 0.3 is 24.3 Å². The Labute approximate surface area is 249 Å². The highest BCUT2D eigenvalue weighted by molar-refractivity contribution is 5.92. The first kappa shape index (κ1) is 31.6.